The molecule has 0 spiro atoms. The molecule has 8 heteroatoms. The number of carbonyl (C=O) groups excluding carboxylic acids is 1. The predicted octanol–water partition coefficient (Wildman–Crippen LogP) is 3.09. The summed E-state index contributed by atoms with van der Waals surface area (Å²) in [5.74, 6) is -0.200. The van der Waals surface area contributed by atoms with Gasteiger partial charge in [0.15, 0.2) is 0 Å². The molecule has 0 saturated carbocycles. The minimum absolute atomic E-state index is 0.0363. The number of amides is 1. The lowest BCUT2D eigenvalue weighted by Gasteiger charge is -2.30. The smallest absolute Gasteiger partial charge is 0.244 e. The summed E-state index contributed by atoms with van der Waals surface area (Å²) in [6.07, 6.45) is 7.62. The van der Waals surface area contributed by atoms with Gasteiger partial charge in [-0.1, -0.05) is 48.5 Å². The van der Waals surface area contributed by atoms with Gasteiger partial charge in [-0.15, -0.1) is 0 Å². The van der Waals surface area contributed by atoms with Gasteiger partial charge in [0.2, 0.25) is 15.9 Å². The highest BCUT2D eigenvalue weighted by atomic mass is 32.2. The molecule has 2 aromatic carbocycles. The number of rotatable bonds is 6. The third kappa shape index (κ3) is 5.33. The number of aromatic nitrogens is 2. The van der Waals surface area contributed by atoms with Crippen LogP contribution in [0.1, 0.15) is 18.4 Å². The SMILES string of the molecule is CS(=O)(=O)N1CCC(NC(=O)/C=C/c2cn(-c3ccccc3)nc2-c2ccccc2)CC1. The molecular weight excluding hydrogens is 424 g/mol. The van der Waals surface area contributed by atoms with Crippen molar-refractivity contribution in [1.82, 2.24) is 19.4 Å². The molecule has 1 aromatic heterocycles. The molecule has 2 heterocycles. The van der Waals surface area contributed by atoms with Gasteiger partial charge >= 0.3 is 0 Å². The zero-order valence-corrected chi connectivity index (χ0v) is 18.7. The summed E-state index contributed by atoms with van der Waals surface area (Å²) in [5.41, 5.74) is 3.53. The lowest BCUT2D eigenvalue weighted by Crippen LogP contribution is -2.45. The topological polar surface area (TPSA) is 84.3 Å². The van der Waals surface area contributed by atoms with Gasteiger partial charge < -0.3 is 5.32 Å². The van der Waals surface area contributed by atoms with Crippen LogP contribution in [0.4, 0.5) is 0 Å². The third-order valence-electron chi connectivity index (χ3n) is 5.49. The summed E-state index contributed by atoms with van der Waals surface area (Å²) in [7, 11) is -3.18. The quantitative estimate of drug-likeness (QED) is 0.585. The molecule has 1 amide bonds. The number of nitrogens with one attached hydrogen (secondary N) is 1. The molecule has 1 saturated heterocycles. The van der Waals surface area contributed by atoms with E-state index >= 15 is 0 Å². The van der Waals surface area contributed by atoms with Crippen LogP contribution in [0.15, 0.2) is 72.9 Å². The van der Waals surface area contributed by atoms with Crippen LogP contribution in [0.25, 0.3) is 23.0 Å². The Morgan fingerprint density at radius 3 is 2.28 bits per heavy atom. The maximum atomic E-state index is 12.5. The van der Waals surface area contributed by atoms with Crippen molar-refractivity contribution < 1.29 is 13.2 Å². The van der Waals surface area contributed by atoms with Crippen LogP contribution in [-0.2, 0) is 14.8 Å². The van der Waals surface area contributed by atoms with Gasteiger partial charge in [-0.05, 0) is 31.1 Å². The molecule has 0 bridgehead atoms. The molecule has 0 atom stereocenters. The molecule has 1 aliphatic heterocycles. The second-order valence-corrected chi connectivity index (χ2v) is 9.84. The number of hydrogen-bond donors (Lipinski definition) is 1. The number of piperidine rings is 1. The summed E-state index contributed by atoms with van der Waals surface area (Å²) in [5, 5.41) is 7.73. The standard InChI is InChI=1S/C24H26N4O3S/c1-32(30,31)27-16-14-21(15-17-27)25-23(29)13-12-20-18-28(22-10-6-3-7-11-22)26-24(20)19-8-4-2-5-9-19/h2-13,18,21H,14-17H2,1H3,(H,25,29)/b13-12+. The largest absolute Gasteiger partial charge is 0.350 e. The van der Waals surface area contributed by atoms with Gasteiger partial charge in [0.05, 0.1) is 17.6 Å². The average molecular weight is 451 g/mol. The van der Waals surface area contributed by atoms with Crippen molar-refractivity contribution in [2.24, 2.45) is 0 Å². The Morgan fingerprint density at radius 2 is 1.66 bits per heavy atom. The molecule has 1 aliphatic rings. The average Bonchev–Trinajstić information content (AvgIpc) is 3.23. The highest BCUT2D eigenvalue weighted by Crippen LogP contribution is 2.24. The Kier molecular flexibility index (Phi) is 6.53. The Morgan fingerprint density at radius 1 is 1.03 bits per heavy atom. The normalized spacial score (nSPS) is 15.8. The molecule has 1 N–H and O–H groups in total. The van der Waals surface area contributed by atoms with Gasteiger partial charge in [-0.2, -0.15) is 5.10 Å². The molecule has 4 rings (SSSR count). The van der Waals surface area contributed by atoms with Crippen LogP contribution >= 0.6 is 0 Å². The van der Waals surface area contributed by atoms with Crippen molar-refractivity contribution in [3.05, 3.63) is 78.5 Å². The number of sulfonamides is 1. The van der Waals surface area contributed by atoms with Gasteiger partial charge in [0, 0.05) is 42.5 Å². The summed E-state index contributed by atoms with van der Waals surface area (Å²) in [4.78, 5) is 12.5. The minimum Gasteiger partial charge on any atom is -0.350 e. The fourth-order valence-electron chi connectivity index (χ4n) is 3.79. The summed E-state index contributed by atoms with van der Waals surface area (Å²) < 4.78 is 26.6. The van der Waals surface area contributed by atoms with E-state index in [1.165, 1.54) is 16.6 Å². The Labute approximate surface area is 188 Å². The zero-order valence-electron chi connectivity index (χ0n) is 17.9. The Balaban J connectivity index is 1.49. The first-order valence-corrected chi connectivity index (χ1v) is 12.4. The first-order valence-electron chi connectivity index (χ1n) is 10.5. The molecule has 1 fully saturated rings. The van der Waals surface area contributed by atoms with E-state index in [2.05, 4.69) is 5.32 Å². The second-order valence-electron chi connectivity index (χ2n) is 7.86. The second kappa shape index (κ2) is 9.50. The lowest BCUT2D eigenvalue weighted by molar-refractivity contribution is -0.117. The van der Waals surface area contributed by atoms with Crippen molar-refractivity contribution in [1.29, 1.82) is 0 Å². The van der Waals surface area contributed by atoms with E-state index in [0.29, 0.717) is 25.9 Å². The number of benzene rings is 2. The molecular formula is C24H26N4O3S. The summed E-state index contributed by atoms with van der Waals surface area (Å²) >= 11 is 0. The highest BCUT2D eigenvalue weighted by Gasteiger charge is 2.25. The predicted molar refractivity (Wildman–Crippen MR) is 126 cm³/mol. The number of carbonyl (C=O) groups is 1. The Hall–Kier alpha value is -3.23. The monoisotopic (exact) mass is 450 g/mol. The third-order valence-corrected chi connectivity index (χ3v) is 6.80. The van der Waals surface area contributed by atoms with Crippen LogP contribution in [0.2, 0.25) is 0 Å². The molecule has 0 aliphatic carbocycles. The van der Waals surface area contributed by atoms with Crippen LogP contribution in [-0.4, -0.2) is 53.8 Å². The van der Waals surface area contributed by atoms with E-state index < -0.39 is 10.0 Å². The van der Waals surface area contributed by atoms with Crippen molar-refractivity contribution in [2.75, 3.05) is 19.3 Å². The van der Waals surface area contributed by atoms with Crippen molar-refractivity contribution >= 4 is 22.0 Å². The Bertz CT molecular complexity index is 1200. The van der Waals surface area contributed by atoms with Crippen LogP contribution in [0.5, 0.6) is 0 Å². The molecule has 166 valence electrons. The molecule has 32 heavy (non-hydrogen) atoms. The van der Waals surface area contributed by atoms with Crippen LogP contribution in [0.3, 0.4) is 0 Å². The number of hydrogen-bond acceptors (Lipinski definition) is 4. The zero-order chi connectivity index (χ0) is 22.6. The van der Waals surface area contributed by atoms with E-state index in [4.69, 9.17) is 5.10 Å². The molecule has 3 aromatic rings. The maximum Gasteiger partial charge on any atom is 0.244 e. The van der Waals surface area contributed by atoms with Crippen LogP contribution < -0.4 is 5.32 Å². The van der Waals surface area contributed by atoms with E-state index in [0.717, 1.165) is 22.5 Å². The summed E-state index contributed by atoms with van der Waals surface area (Å²) in [6.45, 7) is 0.852. The fourth-order valence-corrected chi connectivity index (χ4v) is 4.66. The van der Waals surface area contributed by atoms with Crippen molar-refractivity contribution in [2.45, 2.75) is 18.9 Å². The van der Waals surface area contributed by atoms with Crippen molar-refractivity contribution in [3.8, 4) is 16.9 Å². The van der Waals surface area contributed by atoms with Gasteiger partial charge in [0.25, 0.3) is 0 Å². The molecule has 0 radical (unpaired) electrons. The highest BCUT2D eigenvalue weighted by molar-refractivity contribution is 7.88. The maximum absolute atomic E-state index is 12.5. The first-order chi connectivity index (χ1) is 15.4. The van der Waals surface area contributed by atoms with E-state index in [9.17, 15) is 13.2 Å². The van der Waals surface area contributed by atoms with Crippen LogP contribution in [0, 0.1) is 0 Å². The van der Waals surface area contributed by atoms with Gasteiger partial charge in [-0.3, -0.25) is 4.79 Å². The van der Waals surface area contributed by atoms with Gasteiger partial charge in [0.1, 0.15) is 0 Å². The number of para-hydroxylation sites is 1. The fraction of sp³-hybridized carbons (Fsp3) is 0.250. The van der Waals surface area contributed by atoms with E-state index in [-0.39, 0.29) is 11.9 Å². The molecule has 0 unspecified atom stereocenters. The number of nitrogens with zero attached hydrogens (tertiary/aromatic N) is 3. The first kappa shape index (κ1) is 22.0. The minimum atomic E-state index is -3.18. The van der Waals surface area contributed by atoms with E-state index in [1.807, 2.05) is 66.9 Å². The summed E-state index contributed by atoms with van der Waals surface area (Å²) in [6, 6.07) is 19.6. The van der Waals surface area contributed by atoms with Crippen molar-refractivity contribution in [3.63, 3.8) is 0 Å². The lowest BCUT2D eigenvalue weighted by atomic mass is 10.1. The van der Waals surface area contributed by atoms with Gasteiger partial charge in [-0.25, -0.2) is 17.4 Å². The molecule has 7 nitrogen and oxygen atoms in total. The van der Waals surface area contributed by atoms with E-state index in [1.54, 1.807) is 10.8 Å².